The molecule has 1 aromatic rings. The van der Waals surface area contributed by atoms with Crippen molar-refractivity contribution in [2.24, 2.45) is 0 Å². The number of halogens is 1. The van der Waals surface area contributed by atoms with Crippen molar-refractivity contribution in [2.45, 2.75) is 31.9 Å². The molecule has 1 heterocycles. The van der Waals surface area contributed by atoms with Crippen LogP contribution in [-0.4, -0.2) is 32.2 Å². The average Bonchev–Trinajstić information content (AvgIpc) is 2.27. The van der Waals surface area contributed by atoms with Gasteiger partial charge in [-0.05, 0) is 22.4 Å². The highest BCUT2D eigenvalue weighted by atomic mass is 79.9. The number of nitrogens with one attached hydrogen (secondary N) is 1. The predicted octanol–water partition coefficient (Wildman–Crippen LogP) is 2.37. The molecule has 0 aromatic carbocycles. The summed E-state index contributed by atoms with van der Waals surface area (Å²) in [5.41, 5.74) is 0. The first-order valence-corrected chi connectivity index (χ1v) is 8.04. The van der Waals surface area contributed by atoms with E-state index < -0.39 is 10.8 Å². The molecule has 0 saturated heterocycles. The molecule has 1 rings (SSSR count). The predicted molar refractivity (Wildman–Crippen MR) is 75.7 cm³/mol. The molecule has 0 aliphatic rings. The van der Waals surface area contributed by atoms with Crippen LogP contribution in [0, 0.1) is 0 Å². The third-order valence-corrected chi connectivity index (χ3v) is 4.26. The van der Waals surface area contributed by atoms with E-state index in [9.17, 15) is 4.21 Å². The van der Waals surface area contributed by atoms with E-state index in [0.717, 1.165) is 35.6 Å². The normalized spacial score (nSPS) is 14.4. The van der Waals surface area contributed by atoms with Gasteiger partial charge < -0.3 is 5.32 Å². The summed E-state index contributed by atoms with van der Waals surface area (Å²) in [6.07, 6.45) is 3.41. The van der Waals surface area contributed by atoms with Crippen LogP contribution in [0.1, 0.15) is 26.1 Å². The second kappa shape index (κ2) is 7.06. The van der Waals surface area contributed by atoms with Crippen LogP contribution in [0.5, 0.6) is 0 Å². The molecule has 96 valence electrons. The number of rotatable bonds is 6. The van der Waals surface area contributed by atoms with Gasteiger partial charge in [-0.3, -0.25) is 4.21 Å². The largest absolute Gasteiger partial charge is 0.370 e. The first-order chi connectivity index (χ1) is 8.02. The van der Waals surface area contributed by atoms with Crippen molar-refractivity contribution in [1.29, 1.82) is 0 Å². The maximum Gasteiger partial charge on any atom is 0.131 e. The molecule has 4 nitrogen and oxygen atoms in total. The molecule has 1 aromatic heterocycles. The van der Waals surface area contributed by atoms with E-state index in [2.05, 4.69) is 31.2 Å². The monoisotopic (exact) mass is 319 g/mol. The Kier molecular flexibility index (Phi) is 6.05. The fraction of sp³-hybridized carbons (Fsp3) is 0.636. The van der Waals surface area contributed by atoms with Gasteiger partial charge in [0.2, 0.25) is 0 Å². The molecule has 0 saturated carbocycles. The number of anilines is 1. The standard InChI is InChI=1S/C11H18BrN3OS/c1-4-10-14-9(12)7-11(15-10)13-6-5-8(2)17(3)16/h7-8H,4-6H2,1-3H3,(H,13,14,15). The summed E-state index contributed by atoms with van der Waals surface area (Å²) in [7, 11) is -0.761. The van der Waals surface area contributed by atoms with Gasteiger partial charge in [-0.2, -0.15) is 0 Å². The van der Waals surface area contributed by atoms with Crippen LogP contribution in [0.4, 0.5) is 5.82 Å². The number of hydrogen-bond acceptors (Lipinski definition) is 4. The van der Waals surface area contributed by atoms with Crippen molar-refractivity contribution < 1.29 is 4.21 Å². The molecule has 0 aliphatic carbocycles. The molecule has 0 bridgehead atoms. The van der Waals surface area contributed by atoms with Crippen molar-refractivity contribution in [3.63, 3.8) is 0 Å². The van der Waals surface area contributed by atoms with Crippen LogP contribution in [0.15, 0.2) is 10.7 Å². The number of hydrogen-bond donors (Lipinski definition) is 1. The Labute approximate surface area is 113 Å². The maximum atomic E-state index is 11.2. The summed E-state index contributed by atoms with van der Waals surface area (Å²) in [6.45, 7) is 4.78. The number of aromatic nitrogens is 2. The molecule has 0 aliphatic heterocycles. The van der Waals surface area contributed by atoms with Crippen LogP contribution in [0.2, 0.25) is 0 Å². The van der Waals surface area contributed by atoms with Crippen LogP contribution < -0.4 is 5.32 Å². The zero-order valence-electron chi connectivity index (χ0n) is 10.4. The van der Waals surface area contributed by atoms with Gasteiger partial charge in [-0.1, -0.05) is 13.8 Å². The average molecular weight is 320 g/mol. The van der Waals surface area contributed by atoms with Crippen LogP contribution in [0.3, 0.4) is 0 Å². The Hall–Kier alpha value is -0.490. The Morgan fingerprint density at radius 1 is 1.53 bits per heavy atom. The van der Waals surface area contributed by atoms with E-state index >= 15 is 0 Å². The second-order valence-electron chi connectivity index (χ2n) is 3.87. The Morgan fingerprint density at radius 2 is 2.24 bits per heavy atom. The first kappa shape index (κ1) is 14.6. The molecule has 6 heteroatoms. The lowest BCUT2D eigenvalue weighted by Crippen LogP contribution is -2.15. The van der Waals surface area contributed by atoms with Crippen LogP contribution in [0.25, 0.3) is 0 Å². The number of nitrogens with zero attached hydrogens (tertiary/aromatic N) is 2. The van der Waals surface area contributed by atoms with E-state index in [1.807, 2.05) is 19.9 Å². The Balaban J connectivity index is 2.51. The van der Waals surface area contributed by atoms with E-state index in [1.54, 1.807) is 6.26 Å². The lowest BCUT2D eigenvalue weighted by Gasteiger charge is -2.10. The quantitative estimate of drug-likeness (QED) is 0.818. The molecule has 2 atom stereocenters. The van der Waals surface area contributed by atoms with Gasteiger partial charge in [-0.25, -0.2) is 9.97 Å². The Morgan fingerprint density at radius 3 is 2.82 bits per heavy atom. The zero-order chi connectivity index (χ0) is 12.8. The molecule has 17 heavy (non-hydrogen) atoms. The molecule has 0 radical (unpaired) electrons. The van der Waals surface area contributed by atoms with Gasteiger partial charge in [0, 0.05) is 41.3 Å². The van der Waals surface area contributed by atoms with E-state index in [0.29, 0.717) is 0 Å². The lowest BCUT2D eigenvalue weighted by molar-refractivity contribution is 0.672. The van der Waals surface area contributed by atoms with Gasteiger partial charge in [0.15, 0.2) is 0 Å². The van der Waals surface area contributed by atoms with Crippen molar-refractivity contribution in [3.05, 3.63) is 16.5 Å². The van der Waals surface area contributed by atoms with Crippen LogP contribution in [-0.2, 0) is 17.2 Å². The molecule has 0 amide bonds. The molecule has 2 unspecified atom stereocenters. The minimum atomic E-state index is -0.761. The number of aryl methyl sites for hydroxylation is 1. The summed E-state index contributed by atoms with van der Waals surface area (Å²) >= 11 is 3.36. The van der Waals surface area contributed by atoms with Crippen molar-refractivity contribution in [1.82, 2.24) is 9.97 Å². The second-order valence-corrected chi connectivity index (χ2v) is 6.48. The highest BCUT2D eigenvalue weighted by Crippen LogP contribution is 2.13. The van der Waals surface area contributed by atoms with E-state index in [4.69, 9.17) is 0 Å². The molecule has 0 fully saturated rings. The summed E-state index contributed by atoms with van der Waals surface area (Å²) < 4.78 is 12.0. The van der Waals surface area contributed by atoms with E-state index in [-0.39, 0.29) is 5.25 Å². The van der Waals surface area contributed by atoms with E-state index in [1.165, 1.54) is 0 Å². The molecule has 0 spiro atoms. The highest BCUT2D eigenvalue weighted by Gasteiger charge is 2.06. The maximum absolute atomic E-state index is 11.2. The minimum absolute atomic E-state index is 0.207. The third-order valence-electron chi connectivity index (χ3n) is 2.48. The minimum Gasteiger partial charge on any atom is -0.370 e. The van der Waals surface area contributed by atoms with Crippen LogP contribution >= 0.6 is 15.9 Å². The van der Waals surface area contributed by atoms with Crippen molar-refractivity contribution in [2.75, 3.05) is 18.1 Å². The highest BCUT2D eigenvalue weighted by molar-refractivity contribution is 9.10. The molecule has 1 N–H and O–H groups in total. The molecular weight excluding hydrogens is 302 g/mol. The summed E-state index contributed by atoms with van der Waals surface area (Å²) in [4.78, 5) is 8.61. The van der Waals surface area contributed by atoms with Gasteiger partial charge in [-0.15, -0.1) is 0 Å². The smallest absolute Gasteiger partial charge is 0.131 e. The lowest BCUT2D eigenvalue weighted by atomic mass is 10.3. The van der Waals surface area contributed by atoms with Gasteiger partial charge in [0.25, 0.3) is 0 Å². The SMILES string of the molecule is CCc1nc(Br)cc(NCCC(C)S(C)=O)n1. The molecular formula is C11H18BrN3OS. The van der Waals surface area contributed by atoms with Crippen molar-refractivity contribution >= 4 is 32.5 Å². The van der Waals surface area contributed by atoms with Crippen molar-refractivity contribution in [3.8, 4) is 0 Å². The first-order valence-electron chi connectivity index (χ1n) is 5.62. The summed E-state index contributed by atoms with van der Waals surface area (Å²) in [5, 5.41) is 3.44. The zero-order valence-corrected chi connectivity index (χ0v) is 12.8. The topological polar surface area (TPSA) is 54.9 Å². The third kappa shape index (κ3) is 5.12. The fourth-order valence-corrected chi connectivity index (χ4v) is 2.15. The Bertz CT molecular complexity index is 400. The van der Waals surface area contributed by atoms with Gasteiger partial charge >= 0.3 is 0 Å². The summed E-state index contributed by atoms with van der Waals surface area (Å²) in [5.74, 6) is 1.63. The van der Waals surface area contributed by atoms with Gasteiger partial charge in [0.1, 0.15) is 16.2 Å². The summed E-state index contributed by atoms with van der Waals surface area (Å²) in [6, 6.07) is 1.85. The fourth-order valence-electron chi connectivity index (χ4n) is 1.28. The van der Waals surface area contributed by atoms with Gasteiger partial charge in [0.05, 0.1) is 0 Å².